The molecule has 0 bridgehead atoms. The van der Waals surface area contributed by atoms with E-state index in [2.05, 4.69) is 48.6 Å². The third kappa shape index (κ3) is 6.47. The van der Waals surface area contributed by atoms with Gasteiger partial charge in [0.25, 0.3) is 0 Å². The lowest BCUT2D eigenvalue weighted by Gasteiger charge is -1.91. The highest BCUT2D eigenvalue weighted by Gasteiger charge is 1.81. The Labute approximate surface area is 87.7 Å². The van der Waals surface area contributed by atoms with E-state index in [0.29, 0.717) is 0 Å². The summed E-state index contributed by atoms with van der Waals surface area (Å²) in [5.74, 6) is 0. The third-order valence-electron chi connectivity index (χ3n) is 2.23. The highest BCUT2D eigenvalue weighted by Crippen LogP contribution is 2.02. The summed E-state index contributed by atoms with van der Waals surface area (Å²) in [7, 11) is 0. The van der Waals surface area contributed by atoms with Crippen molar-refractivity contribution in [2.45, 2.75) is 38.5 Å². The summed E-state index contributed by atoms with van der Waals surface area (Å²) in [4.78, 5) is 0. The van der Waals surface area contributed by atoms with Gasteiger partial charge in [-0.3, -0.25) is 0 Å². The normalized spacial score (nSPS) is 26.3. The van der Waals surface area contributed by atoms with Gasteiger partial charge in [-0.15, -0.1) is 0 Å². The van der Waals surface area contributed by atoms with E-state index in [1.807, 2.05) is 0 Å². The standard InChI is InChI=1S/C14H20/c1-2-4-6-8-10-12-14-13-11-9-7-5-3-1/h1-4,7,9,12,14H,5-6,8,10-11,13H2/b3-1+,4-2-,9-7+,14-12?. The van der Waals surface area contributed by atoms with Crippen LogP contribution in [-0.2, 0) is 0 Å². The fourth-order valence-electron chi connectivity index (χ4n) is 1.41. The van der Waals surface area contributed by atoms with Gasteiger partial charge in [0.1, 0.15) is 0 Å². The minimum absolute atomic E-state index is 1.06. The zero-order chi connectivity index (χ0) is 9.90. The predicted octanol–water partition coefficient (Wildman–Crippen LogP) is 4.57. The number of hydrogen-bond acceptors (Lipinski definition) is 0. The average Bonchev–Trinajstić information content (AvgIpc) is 2.22. The van der Waals surface area contributed by atoms with Crippen LogP contribution in [-0.4, -0.2) is 0 Å². The summed E-state index contributed by atoms with van der Waals surface area (Å²) < 4.78 is 0. The number of allylic oxidation sites excluding steroid dienone is 8. The Kier molecular flexibility index (Phi) is 6.74. The topological polar surface area (TPSA) is 0 Å². The van der Waals surface area contributed by atoms with E-state index in [4.69, 9.17) is 0 Å². The zero-order valence-electron chi connectivity index (χ0n) is 8.86. The molecular formula is C14H20. The van der Waals surface area contributed by atoms with Gasteiger partial charge in [0.15, 0.2) is 0 Å². The van der Waals surface area contributed by atoms with Gasteiger partial charge < -0.3 is 0 Å². The van der Waals surface area contributed by atoms with Gasteiger partial charge in [0.05, 0.1) is 0 Å². The van der Waals surface area contributed by atoms with Crippen LogP contribution in [0.4, 0.5) is 0 Å². The van der Waals surface area contributed by atoms with Crippen LogP contribution in [0.3, 0.4) is 0 Å². The Balaban J connectivity index is 2.34. The molecule has 0 unspecified atom stereocenters. The molecule has 0 aliphatic heterocycles. The zero-order valence-corrected chi connectivity index (χ0v) is 8.86. The molecule has 0 radical (unpaired) electrons. The Bertz CT molecular complexity index is 228. The van der Waals surface area contributed by atoms with Crippen molar-refractivity contribution in [3.8, 4) is 0 Å². The van der Waals surface area contributed by atoms with Gasteiger partial charge in [-0.05, 0) is 38.5 Å². The molecule has 76 valence electrons. The third-order valence-corrected chi connectivity index (χ3v) is 2.23. The SMILES string of the molecule is C1=CCCC/C=C\C=C\C/C=C/CC1. The molecule has 0 N–H and O–H groups in total. The summed E-state index contributed by atoms with van der Waals surface area (Å²) in [6, 6.07) is 0. The monoisotopic (exact) mass is 188 g/mol. The maximum absolute atomic E-state index is 2.31. The van der Waals surface area contributed by atoms with Crippen molar-refractivity contribution in [2.24, 2.45) is 0 Å². The van der Waals surface area contributed by atoms with Crippen LogP contribution in [0, 0.1) is 0 Å². The Hall–Kier alpha value is -1.04. The summed E-state index contributed by atoms with van der Waals surface area (Å²) >= 11 is 0. The largest absolute Gasteiger partial charge is 0.0885 e. The second-order valence-electron chi connectivity index (χ2n) is 3.54. The van der Waals surface area contributed by atoms with Gasteiger partial charge in [-0.1, -0.05) is 48.6 Å². The van der Waals surface area contributed by atoms with E-state index in [1.165, 1.54) is 32.1 Å². The van der Waals surface area contributed by atoms with Crippen LogP contribution in [0.25, 0.3) is 0 Å². The molecule has 0 heteroatoms. The van der Waals surface area contributed by atoms with Crippen LogP contribution in [0.5, 0.6) is 0 Å². The molecule has 0 aromatic carbocycles. The highest BCUT2D eigenvalue weighted by atomic mass is 13.9. The molecule has 0 saturated carbocycles. The molecule has 0 aromatic rings. The highest BCUT2D eigenvalue weighted by molar-refractivity contribution is 5.05. The first-order chi connectivity index (χ1) is 7.00. The van der Waals surface area contributed by atoms with E-state index in [1.54, 1.807) is 0 Å². The fourth-order valence-corrected chi connectivity index (χ4v) is 1.41. The Morgan fingerprint density at radius 1 is 0.500 bits per heavy atom. The van der Waals surface area contributed by atoms with Gasteiger partial charge in [0, 0.05) is 0 Å². The summed E-state index contributed by atoms with van der Waals surface area (Å²) in [6.07, 6.45) is 25.0. The minimum Gasteiger partial charge on any atom is -0.0885 e. The summed E-state index contributed by atoms with van der Waals surface area (Å²) in [6.45, 7) is 0. The van der Waals surface area contributed by atoms with Crippen molar-refractivity contribution in [1.29, 1.82) is 0 Å². The smallest absolute Gasteiger partial charge is 0.0166 e. The first kappa shape index (κ1) is 11.0. The molecule has 1 rings (SSSR count). The maximum Gasteiger partial charge on any atom is -0.0166 e. The molecular weight excluding hydrogens is 168 g/mol. The first-order valence-electron chi connectivity index (χ1n) is 5.62. The number of hydrogen-bond donors (Lipinski definition) is 0. The van der Waals surface area contributed by atoms with Gasteiger partial charge in [-0.2, -0.15) is 0 Å². The second-order valence-corrected chi connectivity index (χ2v) is 3.54. The van der Waals surface area contributed by atoms with Crippen LogP contribution < -0.4 is 0 Å². The van der Waals surface area contributed by atoms with Crippen molar-refractivity contribution in [3.63, 3.8) is 0 Å². The molecule has 0 spiro atoms. The van der Waals surface area contributed by atoms with Crippen molar-refractivity contribution in [3.05, 3.63) is 48.6 Å². The second kappa shape index (κ2) is 8.55. The lowest BCUT2D eigenvalue weighted by atomic mass is 10.2. The molecule has 0 amide bonds. The predicted molar refractivity (Wildman–Crippen MR) is 64.3 cm³/mol. The fraction of sp³-hybridized carbons (Fsp3) is 0.429. The molecule has 1 aliphatic rings. The molecule has 14 heavy (non-hydrogen) atoms. The quantitative estimate of drug-likeness (QED) is 0.489. The van der Waals surface area contributed by atoms with Crippen LogP contribution in [0.15, 0.2) is 48.6 Å². The molecule has 0 atom stereocenters. The lowest BCUT2D eigenvalue weighted by molar-refractivity contribution is 0.862. The van der Waals surface area contributed by atoms with Crippen molar-refractivity contribution < 1.29 is 0 Å². The van der Waals surface area contributed by atoms with Crippen LogP contribution >= 0.6 is 0 Å². The van der Waals surface area contributed by atoms with Gasteiger partial charge in [-0.25, -0.2) is 0 Å². The van der Waals surface area contributed by atoms with E-state index in [0.717, 1.165) is 6.42 Å². The molecule has 0 fully saturated rings. The van der Waals surface area contributed by atoms with Crippen LogP contribution in [0.1, 0.15) is 38.5 Å². The minimum atomic E-state index is 1.06. The Morgan fingerprint density at radius 3 is 2.07 bits per heavy atom. The van der Waals surface area contributed by atoms with Gasteiger partial charge in [0.2, 0.25) is 0 Å². The summed E-state index contributed by atoms with van der Waals surface area (Å²) in [5, 5.41) is 0. The van der Waals surface area contributed by atoms with Gasteiger partial charge >= 0.3 is 0 Å². The molecule has 0 aromatic heterocycles. The Morgan fingerprint density at radius 2 is 1.14 bits per heavy atom. The van der Waals surface area contributed by atoms with E-state index in [-0.39, 0.29) is 0 Å². The van der Waals surface area contributed by atoms with Crippen molar-refractivity contribution in [2.75, 3.05) is 0 Å². The van der Waals surface area contributed by atoms with Crippen LogP contribution in [0.2, 0.25) is 0 Å². The maximum atomic E-state index is 2.31. The van der Waals surface area contributed by atoms with Crippen molar-refractivity contribution in [1.82, 2.24) is 0 Å². The first-order valence-corrected chi connectivity index (χ1v) is 5.62. The lowest BCUT2D eigenvalue weighted by Crippen LogP contribution is -1.71. The molecule has 0 heterocycles. The van der Waals surface area contributed by atoms with E-state index in [9.17, 15) is 0 Å². The van der Waals surface area contributed by atoms with Crippen molar-refractivity contribution >= 4 is 0 Å². The van der Waals surface area contributed by atoms with E-state index < -0.39 is 0 Å². The molecule has 1 aliphatic carbocycles. The average molecular weight is 188 g/mol. The molecule has 0 nitrogen and oxygen atoms in total. The van der Waals surface area contributed by atoms with E-state index >= 15 is 0 Å². The summed E-state index contributed by atoms with van der Waals surface area (Å²) in [5.41, 5.74) is 0. The molecule has 0 saturated heterocycles. The number of rotatable bonds is 0.